The van der Waals surface area contributed by atoms with Gasteiger partial charge in [-0.1, -0.05) is 25.1 Å². The smallest absolute Gasteiger partial charge is 0.233 e. The lowest BCUT2D eigenvalue weighted by atomic mass is 9.89. The molecule has 32 heavy (non-hydrogen) atoms. The number of aromatic nitrogens is 5. The van der Waals surface area contributed by atoms with Gasteiger partial charge in [-0.05, 0) is 30.9 Å². The molecule has 7 nitrogen and oxygen atoms in total. The van der Waals surface area contributed by atoms with Crippen LogP contribution in [0.25, 0.3) is 33.3 Å². The Morgan fingerprint density at radius 3 is 2.78 bits per heavy atom. The normalized spacial score (nSPS) is 18.4. The van der Waals surface area contributed by atoms with E-state index in [-0.39, 0.29) is 5.41 Å². The first-order valence-corrected chi connectivity index (χ1v) is 10.8. The van der Waals surface area contributed by atoms with E-state index in [0.29, 0.717) is 24.5 Å². The molecule has 1 aliphatic rings. The van der Waals surface area contributed by atoms with Gasteiger partial charge >= 0.3 is 0 Å². The summed E-state index contributed by atoms with van der Waals surface area (Å²) in [6, 6.07) is 12.0. The van der Waals surface area contributed by atoms with Gasteiger partial charge in [0.25, 0.3) is 0 Å². The number of Topliss-reactive ketones (excluding diaryl/α,β-unsaturated/α-hetero) is 1. The van der Waals surface area contributed by atoms with Gasteiger partial charge in [0.05, 0.1) is 24.5 Å². The molecule has 162 valence electrons. The third-order valence-electron chi connectivity index (χ3n) is 6.20. The number of ether oxygens (including phenoxy) is 1. The minimum atomic E-state index is -0.0210. The van der Waals surface area contributed by atoms with Crippen molar-refractivity contribution in [3.8, 4) is 28.3 Å². The van der Waals surface area contributed by atoms with Gasteiger partial charge in [0.15, 0.2) is 0 Å². The quantitative estimate of drug-likeness (QED) is 0.462. The molecule has 1 unspecified atom stereocenters. The Kier molecular flexibility index (Phi) is 4.96. The van der Waals surface area contributed by atoms with Crippen LogP contribution in [0.4, 0.5) is 0 Å². The predicted molar refractivity (Wildman–Crippen MR) is 122 cm³/mol. The largest absolute Gasteiger partial charge is 0.480 e. The van der Waals surface area contributed by atoms with Gasteiger partial charge in [0, 0.05) is 59.4 Å². The van der Waals surface area contributed by atoms with Gasteiger partial charge < -0.3 is 4.74 Å². The number of carbonyl (C=O) groups excluding carboxylic acids is 1. The summed E-state index contributed by atoms with van der Waals surface area (Å²) in [7, 11) is 1.58. The number of methoxy groups -OCH3 is 1. The van der Waals surface area contributed by atoms with Crippen LogP contribution in [0, 0.1) is 12.3 Å². The summed E-state index contributed by atoms with van der Waals surface area (Å²) in [6.07, 6.45) is 6.15. The second-order valence-electron chi connectivity index (χ2n) is 8.96. The zero-order chi connectivity index (χ0) is 22.3. The Labute approximate surface area is 186 Å². The summed E-state index contributed by atoms with van der Waals surface area (Å²) in [6.45, 7) is 4.89. The van der Waals surface area contributed by atoms with Crippen molar-refractivity contribution in [2.75, 3.05) is 7.11 Å². The van der Waals surface area contributed by atoms with E-state index in [4.69, 9.17) is 9.72 Å². The highest BCUT2D eigenvalue weighted by atomic mass is 16.5. The van der Waals surface area contributed by atoms with E-state index in [0.717, 1.165) is 51.9 Å². The topological polar surface area (TPSA) is 82.8 Å². The number of rotatable bonds is 5. The van der Waals surface area contributed by atoms with E-state index in [2.05, 4.69) is 34.5 Å². The van der Waals surface area contributed by atoms with Crippen molar-refractivity contribution in [1.29, 1.82) is 0 Å². The zero-order valence-corrected chi connectivity index (χ0v) is 18.5. The van der Waals surface area contributed by atoms with Crippen LogP contribution in [0.3, 0.4) is 0 Å². The first-order chi connectivity index (χ1) is 15.4. The van der Waals surface area contributed by atoms with Gasteiger partial charge in [0.1, 0.15) is 5.78 Å². The van der Waals surface area contributed by atoms with E-state index in [1.54, 1.807) is 7.11 Å². The van der Waals surface area contributed by atoms with Gasteiger partial charge in [-0.2, -0.15) is 5.10 Å². The van der Waals surface area contributed by atoms with Crippen LogP contribution < -0.4 is 4.74 Å². The number of hydrogen-bond donors (Lipinski definition) is 0. The number of carbonyl (C=O) groups is 1. The Hall–Kier alpha value is -3.61. The summed E-state index contributed by atoms with van der Waals surface area (Å²) < 4.78 is 7.13. The molecule has 5 rings (SSSR count). The minimum Gasteiger partial charge on any atom is -0.480 e. The lowest BCUT2D eigenvalue weighted by Crippen LogP contribution is -2.20. The van der Waals surface area contributed by atoms with Crippen LogP contribution in [0.15, 0.2) is 48.8 Å². The number of aryl methyl sites for hydroxylation is 1. The Bertz CT molecular complexity index is 1330. The van der Waals surface area contributed by atoms with Crippen molar-refractivity contribution in [2.45, 2.75) is 39.7 Å². The molecule has 1 saturated carbocycles. The van der Waals surface area contributed by atoms with E-state index in [9.17, 15) is 4.79 Å². The van der Waals surface area contributed by atoms with Crippen molar-refractivity contribution < 1.29 is 9.53 Å². The molecule has 1 atom stereocenters. The zero-order valence-electron chi connectivity index (χ0n) is 18.5. The first kappa shape index (κ1) is 20.3. The molecule has 3 heterocycles. The monoisotopic (exact) mass is 427 g/mol. The number of fused-ring (bicyclic) bond motifs is 1. The number of benzene rings is 1. The molecule has 0 N–H and O–H groups in total. The lowest BCUT2D eigenvalue weighted by Gasteiger charge is -2.22. The lowest BCUT2D eigenvalue weighted by molar-refractivity contribution is -0.118. The SMILES string of the molecule is COc1cc2ccc(-c3nc(C)ccc3-c3cnn(CC4(C)CCC(=O)C4)c3)cc2nn1. The minimum absolute atomic E-state index is 0.0210. The summed E-state index contributed by atoms with van der Waals surface area (Å²) in [5.41, 5.74) is 5.56. The summed E-state index contributed by atoms with van der Waals surface area (Å²) >= 11 is 0. The van der Waals surface area contributed by atoms with Gasteiger partial charge in [0.2, 0.25) is 5.88 Å². The summed E-state index contributed by atoms with van der Waals surface area (Å²) in [5, 5.41) is 13.9. The second-order valence-corrected chi connectivity index (χ2v) is 8.96. The Morgan fingerprint density at radius 2 is 2.00 bits per heavy atom. The van der Waals surface area contributed by atoms with Crippen LogP contribution in [-0.4, -0.2) is 37.9 Å². The van der Waals surface area contributed by atoms with E-state index < -0.39 is 0 Å². The Morgan fingerprint density at radius 1 is 1.12 bits per heavy atom. The van der Waals surface area contributed by atoms with Gasteiger partial charge in [-0.25, -0.2) is 0 Å². The van der Waals surface area contributed by atoms with Crippen LogP contribution in [0.5, 0.6) is 5.88 Å². The number of nitrogens with zero attached hydrogens (tertiary/aromatic N) is 5. The van der Waals surface area contributed by atoms with Crippen LogP contribution in [-0.2, 0) is 11.3 Å². The fourth-order valence-electron chi connectivity index (χ4n) is 4.48. The van der Waals surface area contributed by atoms with Crippen molar-refractivity contribution >= 4 is 16.7 Å². The summed E-state index contributed by atoms with van der Waals surface area (Å²) in [5.74, 6) is 0.839. The van der Waals surface area contributed by atoms with Crippen molar-refractivity contribution in [2.24, 2.45) is 5.41 Å². The maximum atomic E-state index is 11.8. The van der Waals surface area contributed by atoms with E-state index >= 15 is 0 Å². The van der Waals surface area contributed by atoms with E-state index in [1.165, 1.54) is 0 Å². The molecule has 7 heteroatoms. The van der Waals surface area contributed by atoms with E-state index in [1.807, 2.05) is 48.1 Å². The molecule has 3 aromatic heterocycles. The van der Waals surface area contributed by atoms with Crippen LogP contribution in [0.1, 0.15) is 31.9 Å². The average Bonchev–Trinajstić information content (AvgIpc) is 3.38. The molecule has 1 aliphatic carbocycles. The highest BCUT2D eigenvalue weighted by Gasteiger charge is 2.34. The highest BCUT2D eigenvalue weighted by molar-refractivity contribution is 5.88. The predicted octanol–water partition coefficient (Wildman–Crippen LogP) is 4.63. The number of ketones is 1. The maximum Gasteiger partial charge on any atom is 0.233 e. The standard InChI is InChI=1S/C25H25N5O2/c1-16-4-7-21(19-13-26-30(14-19)15-25(2)9-8-20(31)12-25)24(27-16)18-6-5-17-11-23(32-3)29-28-22(17)10-18/h4-7,10-11,13-14H,8-9,12,15H2,1-3H3. The van der Waals surface area contributed by atoms with Crippen molar-refractivity contribution in [3.63, 3.8) is 0 Å². The van der Waals surface area contributed by atoms with Crippen molar-refractivity contribution in [1.82, 2.24) is 25.0 Å². The molecule has 4 aromatic rings. The molecule has 0 bridgehead atoms. The second kappa shape index (κ2) is 7.82. The van der Waals surface area contributed by atoms with Gasteiger partial charge in [-0.15, -0.1) is 10.2 Å². The number of pyridine rings is 1. The summed E-state index contributed by atoms with van der Waals surface area (Å²) in [4.78, 5) is 16.6. The highest BCUT2D eigenvalue weighted by Crippen LogP contribution is 2.38. The fraction of sp³-hybridized carbons (Fsp3) is 0.320. The first-order valence-electron chi connectivity index (χ1n) is 10.8. The molecule has 0 radical (unpaired) electrons. The van der Waals surface area contributed by atoms with Crippen molar-refractivity contribution in [3.05, 3.63) is 54.5 Å². The molecular weight excluding hydrogens is 402 g/mol. The maximum absolute atomic E-state index is 11.8. The third-order valence-corrected chi connectivity index (χ3v) is 6.20. The average molecular weight is 428 g/mol. The molecule has 0 amide bonds. The van der Waals surface area contributed by atoms with Gasteiger partial charge in [-0.3, -0.25) is 14.5 Å². The van der Waals surface area contributed by atoms with Crippen LogP contribution in [0.2, 0.25) is 0 Å². The molecule has 1 aromatic carbocycles. The van der Waals surface area contributed by atoms with Crippen LogP contribution >= 0.6 is 0 Å². The fourth-order valence-corrected chi connectivity index (χ4v) is 4.48. The molecule has 1 fully saturated rings. The molecule has 0 aliphatic heterocycles. The third kappa shape index (κ3) is 3.86. The molecular formula is C25H25N5O2. The Balaban J connectivity index is 1.51. The molecule has 0 spiro atoms. The molecule has 0 saturated heterocycles. The number of hydrogen-bond acceptors (Lipinski definition) is 6.